The zero-order valence-electron chi connectivity index (χ0n) is 22.7. The van der Waals surface area contributed by atoms with Crippen LogP contribution in [0.1, 0.15) is 5.82 Å². The molecule has 0 atom stereocenters. The van der Waals surface area contributed by atoms with Gasteiger partial charge in [0.2, 0.25) is 11.9 Å². The summed E-state index contributed by atoms with van der Waals surface area (Å²) in [6.45, 7) is 4.01. The number of amides is 1. The number of aromatic nitrogens is 5. The molecular weight excluding hydrogens is 527 g/mol. The SMILES string of the molecule is CN1CCN(c2nccc(-c3[nH]c(CC4OCC(C(=O)Nc5ccncc5)CO4)nc3-c3ccc(F)cc3)n2)CC1. The molecule has 1 amide bonds. The molecule has 5 heterocycles. The van der Waals surface area contributed by atoms with Gasteiger partial charge < -0.3 is 29.6 Å². The molecule has 1 aromatic carbocycles. The molecule has 12 heteroatoms. The molecule has 4 aromatic rings. The summed E-state index contributed by atoms with van der Waals surface area (Å²) >= 11 is 0. The van der Waals surface area contributed by atoms with E-state index in [2.05, 4.69) is 37.1 Å². The molecule has 2 saturated heterocycles. The average Bonchev–Trinajstić information content (AvgIpc) is 3.42. The Morgan fingerprint density at radius 2 is 1.73 bits per heavy atom. The maximum absolute atomic E-state index is 13.7. The summed E-state index contributed by atoms with van der Waals surface area (Å²) in [5.74, 6) is 0.358. The number of piperazine rings is 1. The predicted octanol–water partition coefficient (Wildman–Crippen LogP) is 2.99. The Morgan fingerprint density at radius 3 is 2.46 bits per heavy atom. The Morgan fingerprint density at radius 1 is 1.00 bits per heavy atom. The van der Waals surface area contributed by atoms with Gasteiger partial charge in [0.1, 0.15) is 11.6 Å². The molecule has 0 saturated carbocycles. The Kier molecular flexibility index (Phi) is 7.94. The molecule has 2 fully saturated rings. The topological polar surface area (TPSA) is 121 Å². The lowest BCUT2D eigenvalue weighted by Crippen LogP contribution is -2.45. The van der Waals surface area contributed by atoms with Gasteiger partial charge in [0.25, 0.3) is 0 Å². The van der Waals surface area contributed by atoms with Gasteiger partial charge in [0, 0.05) is 56.0 Å². The van der Waals surface area contributed by atoms with E-state index in [1.807, 2.05) is 6.07 Å². The number of likely N-dealkylation sites (N-methyl/N-ethyl adjacent to an activating group) is 1. The van der Waals surface area contributed by atoms with Gasteiger partial charge in [-0.15, -0.1) is 0 Å². The molecular formula is C29H31FN8O3. The summed E-state index contributed by atoms with van der Waals surface area (Å²) in [6.07, 6.45) is 4.74. The van der Waals surface area contributed by atoms with Gasteiger partial charge in [-0.1, -0.05) is 0 Å². The van der Waals surface area contributed by atoms with Crippen LogP contribution < -0.4 is 10.2 Å². The molecule has 41 heavy (non-hydrogen) atoms. The van der Waals surface area contributed by atoms with Crippen molar-refractivity contribution in [1.29, 1.82) is 0 Å². The van der Waals surface area contributed by atoms with E-state index in [0.29, 0.717) is 41.0 Å². The van der Waals surface area contributed by atoms with Crippen LogP contribution >= 0.6 is 0 Å². The number of aromatic amines is 1. The second-order valence-electron chi connectivity index (χ2n) is 10.2. The van der Waals surface area contributed by atoms with Crippen LogP contribution in [0.25, 0.3) is 22.6 Å². The van der Waals surface area contributed by atoms with Gasteiger partial charge in [0.05, 0.1) is 42.6 Å². The maximum Gasteiger partial charge on any atom is 0.232 e. The number of halogens is 1. The summed E-state index contributed by atoms with van der Waals surface area (Å²) in [7, 11) is 2.10. The van der Waals surface area contributed by atoms with E-state index in [1.165, 1.54) is 12.1 Å². The van der Waals surface area contributed by atoms with E-state index in [4.69, 9.17) is 19.4 Å². The highest BCUT2D eigenvalue weighted by molar-refractivity contribution is 5.92. The molecule has 3 aromatic heterocycles. The first-order valence-corrected chi connectivity index (χ1v) is 13.6. The number of H-pyrrole nitrogens is 1. The number of nitrogens with zero attached hydrogens (tertiary/aromatic N) is 6. The highest BCUT2D eigenvalue weighted by Crippen LogP contribution is 2.31. The third-order valence-corrected chi connectivity index (χ3v) is 7.20. The standard InChI is InChI=1S/C29H31FN8O3/c1-37-12-14-38(15-13-37)29-32-11-8-23(34-29)27-26(19-2-4-21(30)5-3-19)35-24(36-27)16-25-40-17-20(18-41-25)28(39)33-22-6-9-31-10-7-22/h2-11,20,25H,12-18H2,1H3,(H,35,36)(H,31,33,39). The van der Waals surface area contributed by atoms with Crippen LogP contribution in [0.2, 0.25) is 0 Å². The number of carbonyl (C=O) groups is 1. The van der Waals surface area contributed by atoms with E-state index >= 15 is 0 Å². The summed E-state index contributed by atoms with van der Waals surface area (Å²) in [5, 5.41) is 2.86. The Hall–Kier alpha value is -4.26. The van der Waals surface area contributed by atoms with Gasteiger partial charge in [-0.2, -0.15) is 0 Å². The predicted molar refractivity (Wildman–Crippen MR) is 150 cm³/mol. The van der Waals surface area contributed by atoms with E-state index in [0.717, 1.165) is 31.7 Å². The monoisotopic (exact) mass is 558 g/mol. The number of hydrogen-bond acceptors (Lipinski definition) is 9. The molecule has 212 valence electrons. The van der Waals surface area contributed by atoms with Crippen LogP contribution in [0.15, 0.2) is 61.1 Å². The number of rotatable bonds is 7. The number of imidazole rings is 1. The maximum atomic E-state index is 13.7. The smallest absolute Gasteiger partial charge is 0.232 e. The van der Waals surface area contributed by atoms with Crippen LogP contribution in [-0.2, 0) is 20.7 Å². The quantitative estimate of drug-likeness (QED) is 0.353. The molecule has 2 aliphatic rings. The largest absolute Gasteiger partial charge is 0.351 e. The normalized spacial score (nSPS) is 19.7. The Bertz CT molecular complexity index is 1470. The van der Waals surface area contributed by atoms with Crippen molar-refractivity contribution in [3.05, 3.63) is 72.7 Å². The van der Waals surface area contributed by atoms with Crippen molar-refractivity contribution in [2.45, 2.75) is 12.7 Å². The van der Waals surface area contributed by atoms with Crippen LogP contribution in [0.5, 0.6) is 0 Å². The minimum Gasteiger partial charge on any atom is -0.351 e. The molecule has 11 nitrogen and oxygen atoms in total. The molecule has 0 spiro atoms. The van der Waals surface area contributed by atoms with Crippen molar-refractivity contribution in [3.63, 3.8) is 0 Å². The van der Waals surface area contributed by atoms with Crippen LogP contribution in [-0.4, -0.2) is 88.5 Å². The minimum atomic E-state index is -0.577. The molecule has 0 aliphatic carbocycles. The molecule has 0 unspecified atom stereocenters. The Labute approximate surface area is 236 Å². The zero-order valence-corrected chi connectivity index (χ0v) is 22.7. The van der Waals surface area contributed by atoms with Crippen LogP contribution in [0.4, 0.5) is 16.0 Å². The first-order chi connectivity index (χ1) is 20.0. The molecule has 0 bridgehead atoms. The molecule has 2 aliphatic heterocycles. The Balaban J connectivity index is 1.19. The number of carbonyl (C=O) groups excluding carboxylic acids is 1. The van der Waals surface area contributed by atoms with Crippen molar-refractivity contribution in [3.8, 4) is 22.6 Å². The van der Waals surface area contributed by atoms with Crippen molar-refractivity contribution in [2.24, 2.45) is 5.92 Å². The number of anilines is 2. The van der Waals surface area contributed by atoms with Crippen molar-refractivity contribution < 1.29 is 18.7 Å². The summed E-state index contributed by atoms with van der Waals surface area (Å²) in [4.78, 5) is 38.6. The third-order valence-electron chi connectivity index (χ3n) is 7.20. The molecule has 2 N–H and O–H groups in total. The third kappa shape index (κ3) is 6.40. The first-order valence-electron chi connectivity index (χ1n) is 13.6. The number of nitrogens with one attached hydrogen (secondary N) is 2. The fourth-order valence-corrected chi connectivity index (χ4v) is 4.82. The number of pyridine rings is 1. The summed E-state index contributed by atoms with van der Waals surface area (Å²) in [6, 6.07) is 11.5. The van der Waals surface area contributed by atoms with E-state index in [1.54, 1.807) is 42.9 Å². The fraction of sp³-hybridized carbons (Fsp3) is 0.345. The number of benzene rings is 1. The fourth-order valence-electron chi connectivity index (χ4n) is 4.82. The van der Waals surface area contributed by atoms with Crippen molar-refractivity contribution in [2.75, 3.05) is 56.7 Å². The van der Waals surface area contributed by atoms with Gasteiger partial charge >= 0.3 is 0 Å². The van der Waals surface area contributed by atoms with Gasteiger partial charge in [0.15, 0.2) is 6.29 Å². The second kappa shape index (κ2) is 12.1. The van der Waals surface area contributed by atoms with E-state index in [9.17, 15) is 9.18 Å². The van der Waals surface area contributed by atoms with Gasteiger partial charge in [-0.25, -0.2) is 19.3 Å². The summed E-state index contributed by atoms with van der Waals surface area (Å²) < 4.78 is 25.5. The minimum absolute atomic E-state index is 0.173. The van der Waals surface area contributed by atoms with Gasteiger partial charge in [-0.3, -0.25) is 9.78 Å². The lowest BCUT2D eigenvalue weighted by atomic mass is 10.1. The van der Waals surface area contributed by atoms with E-state index in [-0.39, 0.29) is 24.9 Å². The van der Waals surface area contributed by atoms with Crippen molar-refractivity contribution >= 4 is 17.5 Å². The van der Waals surface area contributed by atoms with Gasteiger partial charge in [-0.05, 0) is 49.5 Å². The molecule has 6 rings (SSSR count). The van der Waals surface area contributed by atoms with Crippen LogP contribution in [0.3, 0.4) is 0 Å². The number of hydrogen-bond donors (Lipinski definition) is 2. The van der Waals surface area contributed by atoms with Crippen molar-refractivity contribution in [1.82, 2.24) is 29.8 Å². The highest BCUT2D eigenvalue weighted by Gasteiger charge is 2.29. The lowest BCUT2D eigenvalue weighted by molar-refractivity contribution is -0.199. The first kappa shape index (κ1) is 26.9. The number of ether oxygens (including phenoxy) is 2. The van der Waals surface area contributed by atoms with E-state index < -0.39 is 12.2 Å². The highest BCUT2D eigenvalue weighted by atomic mass is 19.1. The average molecular weight is 559 g/mol. The summed E-state index contributed by atoms with van der Waals surface area (Å²) in [5.41, 5.74) is 3.46. The second-order valence-corrected chi connectivity index (χ2v) is 10.2. The van der Waals surface area contributed by atoms with Crippen LogP contribution in [0, 0.1) is 11.7 Å². The lowest BCUT2D eigenvalue weighted by Gasteiger charge is -2.32. The molecule has 0 radical (unpaired) electrons. The zero-order chi connectivity index (χ0) is 28.2.